The van der Waals surface area contributed by atoms with Gasteiger partial charge in [-0.05, 0) is 37.6 Å². The number of nitrogens with one attached hydrogen (secondary N) is 1. The van der Waals surface area contributed by atoms with Crippen LogP contribution in [0, 0.1) is 0 Å². The fourth-order valence-electron chi connectivity index (χ4n) is 2.88. The van der Waals surface area contributed by atoms with Crippen LogP contribution in [0.3, 0.4) is 0 Å². The summed E-state index contributed by atoms with van der Waals surface area (Å²) >= 11 is 5.92. The predicted molar refractivity (Wildman–Crippen MR) is 86.6 cm³/mol. The molecule has 0 heterocycles. The van der Waals surface area contributed by atoms with Crippen LogP contribution >= 0.6 is 11.6 Å². The minimum absolute atomic E-state index is 0.0363. The van der Waals surface area contributed by atoms with Gasteiger partial charge in [0.15, 0.2) is 0 Å². The molecule has 24 heavy (non-hydrogen) atoms. The van der Waals surface area contributed by atoms with E-state index < -0.39 is 12.6 Å². The van der Waals surface area contributed by atoms with Crippen LogP contribution in [0.2, 0.25) is 5.02 Å². The number of hydrogen-bond donors (Lipinski definition) is 2. The minimum Gasteiger partial charge on any atom is -0.480 e. The van der Waals surface area contributed by atoms with E-state index in [1.807, 2.05) is 11.8 Å². The third-order valence-corrected chi connectivity index (χ3v) is 4.43. The molecule has 0 spiro atoms. The lowest BCUT2D eigenvalue weighted by Crippen LogP contribution is -2.53. The molecule has 1 aromatic rings. The Bertz CT molecular complexity index is 568. The van der Waals surface area contributed by atoms with Crippen LogP contribution in [0.4, 0.5) is 8.78 Å². The summed E-state index contributed by atoms with van der Waals surface area (Å²) in [6.07, 6.45) is 1.65. The maximum absolute atomic E-state index is 12.4. The first kappa shape index (κ1) is 18.9. The van der Waals surface area contributed by atoms with Crippen molar-refractivity contribution < 1.29 is 23.4 Å². The number of carbonyl (C=O) groups is 1. The van der Waals surface area contributed by atoms with Crippen molar-refractivity contribution in [3.63, 3.8) is 0 Å². The van der Waals surface area contributed by atoms with Gasteiger partial charge in [-0.1, -0.05) is 18.5 Å². The zero-order valence-electron chi connectivity index (χ0n) is 13.3. The van der Waals surface area contributed by atoms with Crippen LogP contribution in [0.25, 0.3) is 0 Å². The van der Waals surface area contributed by atoms with Gasteiger partial charge >= 0.3 is 12.6 Å². The van der Waals surface area contributed by atoms with E-state index >= 15 is 0 Å². The number of nitrogens with zero attached hydrogens (tertiary/aromatic N) is 1. The van der Waals surface area contributed by atoms with Gasteiger partial charge in [-0.25, -0.2) is 0 Å². The van der Waals surface area contributed by atoms with Crippen LogP contribution < -0.4 is 10.1 Å². The van der Waals surface area contributed by atoms with Crippen LogP contribution in [0.1, 0.15) is 25.3 Å². The molecule has 0 radical (unpaired) electrons. The molecule has 0 atom stereocenters. The normalized spacial score (nSPS) is 20.2. The summed E-state index contributed by atoms with van der Waals surface area (Å²) in [5, 5.41) is 12.6. The highest BCUT2D eigenvalue weighted by Gasteiger charge is 2.33. The third-order valence-electron chi connectivity index (χ3n) is 4.19. The Morgan fingerprint density at radius 2 is 2.21 bits per heavy atom. The van der Waals surface area contributed by atoms with Gasteiger partial charge < -0.3 is 15.2 Å². The molecule has 1 aromatic carbocycles. The van der Waals surface area contributed by atoms with Gasteiger partial charge in [0, 0.05) is 29.2 Å². The Kier molecular flexibility index (Phi) is 6.77. The first-order valence-electron chi connectivity index (χ1n) is 7.81. The first-order valence-corrected chi connectivity index (χ1v) is 8.19. The fourth-order valence-corrected chi connectivity index (χ4v) is 3.07. The Morgan fingerprint density at radius 3 is 2.79 bits per heavy atom. The molecule has 5 nitrogen and oxygen atoms in total. The number of likely N-dealkylation sites (N-methyl/N-ethyl adjacent to an activating group) is 1. The fraction of sp³-hybridized carbons (Fsp3) is 0.562. The lowest BCUT2D eigenvalue weighted by atomic mass is 9.85. The van der Waals surface area contributed by atoms with E-state index in [1.165, 1.54) is 12.1 Å². The number of alkyl halides is 2. The molecule has 0 amide bonds. The minimum atomic E-state index is -2.88. The van der Waals surface area contributed by atoms with Gasteiger partial charge in [-0.2, -0.15) is 8.78 Å². The second-order valence-corrected chi connectivity index (χ2v) is 6.23. The second-order valence-electron chi connectivity index (χ2n) is 5.79. The molecule has 0 aromatic heterocycles. The van der Waals surface area contributed by atoms with E-state index in [-0.39, 0.29) is 24.4 Å². The molecule has 1 aliphatic rings. The highest BCUT2D eigenvalue weighted by molar-refractivity contribution is 6.30. The van der Waals surface area contributed by atoms with Gasteiger partial charge in [0.25, 0.3) is 0 Å². The zero-order chi connectivity index (χ0) is 17.7. The van der Waals surface area contributed by atoms with Crippen molar-refractivity contribution in [2.24, 2.45) is 0 Å². The average Bonchev–Trinajstić information content (AvgIpc) is 2.46. The van der Waals surface area contributed by atoms with Crippen molar-refractivity contribution in [2.45, 2.75) is 45.0 Å². The van der Waals surface area contributed by atoms with E-state index in [9.17, 15) is 13.6 Å². The molecule has 1 aliphatic carbocycles. The smallest absolute Gasteiger partial charge is 0.387 e. The highest BCUT2D eigenvalue weighted by atomic mass is 35.5. The number of carboxylic acids is 1. The first-order chi connectivity index (χ1) is 11.4. The number of benzene rings is 1. The van der Waals surface area contributed by atoms with E-state index in [2.05, 4.69) is 10.1 Å². The maximum atomic E-state index is 12.4. The zero-order valence-corrected chi connectivity index (χ0v) is 14.1. The second kappa shape index (κ2) is 8.60. The van der Waals surface area contributed by atoms with Crippen molar-refractivity contribution in [2.75, 3.05) is 13.1 Å². The lowest BCUT2D eigenvalue weighted by molar-refractivity contribution is -0.139. The topological polar surface area (TPSA) is 61.8 Å². The van der Waals surface area contributed by atoms with Crippen molar-refractivity contribution in [1.29, 1.82) is 0 Å². The molecule has 0 aliphatic heterocycles. The molecule has 2 rings (SSSR count). The lowest BCUT2D eigenvalue weighted by Gasteiger charge is -2.42. The number of aliphatic carboxylic acids is 1. The van der Waals surface area contributed by atoms with Crippen LogP contribution in [0.5, 0.6) is 5.75 Å². The van der Waals surface area contributed by atoms with Crippen molar-refractivity contribution in [3.05, 3.63) is 28.8 Å². The summed E-state index contributed by atoms with van der Waals surface area (Å²) < 4.78 is 29.4. The Hall–Kier alpha value is -1.44. The number of ether oxygens (including phenoxy) is 1. The molecule has 1 saturated carbocycles. The monoisotopic (exact) mass is 362 g/mol. The predicted octanol–water partition coefficient (Wildman–Crippen LogP) is 2.97. The SMILES string of the molecule is CCN(CC(=O)O)C1CC(NCc2cc(Cl)ccc2OC(F)F)C1. The molecule has 134 valence electrons. The number of carboxylic acid groups (broad SMARTS) is 1. The van der Waals surface area contributed by atoms with Crippen molar-refractivity contribution in [3.8, 4) is 5.75 Å². The largest absolute Gasteiger partial charge is 0.480 e. The molecular formula is C16H21ClF2N2O3. The summed E-state index contributed by atoms with van der Waals surface area (Å²) in [7, 11) is 0. The Morgan fingerprint density at radius 1 is 1.50 bits per heavy atom. The van der Waals surface area contributed by atoms with Gasteiger partial charge in [-0.3, -0.25) is 9.69 Å². The summed E-state index contributed by atoms with van der Waals surface area (Å²) in [5.41, 5.74) is 0.573. The summed E-state index contributed by atoms with van der Waals surface area (Å²) in [6.45, 7) is 0.139. The molecule has 1 fully saturated rings. The van der Waals surface area contributed by atoms with Gasteiger partial charge in [0.2, 0.25) is 0 Å². The Labute approximate surface area is 144 Å². The van der Waals surface area contributed by atoms with Gasteiger partial charge in [-0.15, -0.1) is 0 Å². The van der Waals surface area contributed by atoms with Gasteiger partial charge in [0.05, 0.1) is 6.54 Å². The van der Waals surface area contributed by atoms with E-state index in [1.54, 1.807) is 6.07 Å². The molecule has 8 heteroatoms. The summed E-state index contributed by atoms with van der Waals surface area (Å²) in [6, 6.07) is 5.00. The van der Waals surface area contributed by atoms with E-state index in [0.29, 0.717) is 23.7 Å². The molecule has 0 saturated heterocycles. The quantitative estimate of drug-likeness (QED) is 0.707. The number of halogens is 3. The van der Waals surface area contributed by atoms with Gasteiger partial charge in [0.1, 0.15) is 5.75 Å². The van der Waals surface area contributed by atoms with Crippen molar-refractivity contribution in [1.82, 2.24) is 10.2 Å². The van der Waals surface area contributed by atoms with E-state index in [4.69, 9.17) is 16.7 Å². The average molecular weight is 363 g/mol. The maximum Gasteiger partial charge on any atom is 0.387 e. The molecular weight excluding hydrogens is 342 g/mol. The van der Waals surface area contributed by atoms with Crippen molar-refractivity contribution >= 4 is 17.6 Å². The molecule has 2 N–H and O–H groups in total. The number of rotatable bonds is 9. The van der Waals surface area contributed by atoms with Crippen LogP contribution in [-0.4, -0.2) is 47.8 Å². The van der Waals surface area contributed by atoms with E-state index in [0.717, 1.165) is 12.8 Å². The molecule has 0 bridgehead atoms. The van der Waals surface area contributed by atoms with Crippen LogP contribution in [0.15, 0.2) is 18.2 Å². The third kappa shape index (κ3) is 5.29. The highest BCUT2D eigenvalue weighted by Crippen LogP contribution is 2.28. The van der Waals surface area contributed by atoms with Crippen LogP contribution in [-0.2, 0) is 11.3 Å². The Balaban J connectivity index is 1.85. The standard InChI is InChI=1S/C16H21ClF2N2O3/c1-2-21(9-15(22)23)13-6-12(7-13)20-8-10-5-11(17)3-4-14(10)24-16(18)19/h3-5,12-13,16,20H,2,6-9H2,1H3,(H,22,23). The number of hydrogen-bond acceptors (Lipinski definition) is 4. The summed E-state index contributed by atoms with van der Waals surface area (Å²) in [5.74, 6) is -0.722. The summed E-state index contributed by atoms with van der Waals surface area (Å²) in [4.78, 5) is 12.7. The molecule has 0 unspecified atom stereocenters.